The van der Waals surface area contributed by atoms with Crippen molar-refractivity contribution in [2.75, 3.05) is 20.3 Å². The number of methoxy groups -OCH3 is 1. The Bertz CT molecular complexity index is 357. The standard InChI is InChI=1S/C13H20N2O2/c1-16-12-6-3-7-15-13(12)17-9-11-5-2-4-10(11)8-14/h3,6-7,10-11H,2,4-5,8-9,14H2,1H3. The third-order valence-electron chi connectivity index (χ3n) is 3.51. The van der Waals surface area contributed by atoms with Crippen LogP contribution >= 0.6 is 0 Å². The van der Waals surface area contributed by atoms with Crippen molar-refractivity contribution in [3.63, 3.8) is 0 Å². The van der Waals surface area contributed by atoms with Gasteiger partial charge < -0.3 is 15.2 Å². The maximum atomic E-state index is 5.75. The van der Waals surface area contributed by atoms with Crippen LogP contribution in [0.25, 0.3) is 0 Å². The molecule has 1 aliphatic rings. The molecule has 2 N–H and O–H groups in total. The Kier molecular flexibility index (Phi) is 4.20. The molecule has 4 nitrogen and oxygen atoms in total. The Balaban J connectivity index is 1.93. The molecule has 94 valence electrons. The molecule has 1 saturated carbocycles. The molecule has 1 aromatic rings. The Hall–Kier alpha value is -1.29. The number of hydrogen-bond acceptors (Lipinski definition) is 4. The molecule has 0 bridgehead atoms. The molecule has 0 saturated heterocycles. The first kappa shape index (κ1) is 12.2. The fraction of sp³-hybridized carbons (Fsp3) is 0.615. The highest BCUT2D eigenvalue weighted by Gasteiger charge is 2.26. The van der Waals surface area contributed by atoms with Gasteiger partial charge >= 0.3 is 0 Å². The highest BCUT2D eigenvalue weighted by Crippen LogP contribution is 2.32. The fourth-order valence-electron chi connectivity index (χ4n) is 2.47. The SMILES string of the molecule is COc1cccnc1OCC1CCCC1CN. The van der Waals surface area contributed by atoms with Gasteiger partial charge in [0.25, 0.3) is 5.88 Å². The third kappa shape index (κ3) is 2.88. The molecule has 0 spiro atoms. The van der Waals surface area contributed by atoms with Crippen molar-refractivity contribution < 1.29 is 9.47 Å². The summed E-state index contributed by atoms with van der Waals surface area (Å²) in [6, 6.07) is 3.70. The molecular weight excluding hydrogens is 216 g/mol. The van der Waals surface area contributed by atoms with E-state index in [1.165, 1.54) is 19.3 Å². The number of pyridine rings is 1. The molecule has 2 atom stereocenters. The lowest BCUT2D eigenvalue weighted by molar-refractivity contribution is 0.202. The van der Waals surface area contributed by atoms with Crippen molar-refractivity contribution in [2.45, 2.75) is 19.3 Å². The molecule has 2 rings (SSSR count). The first-order chi connectivity index (χ1) is 8.35. The predicted octanol–water partition coefficient (Wildman–Crippen LogP) is 1.84. The summed E-state index contributed by atoms with van der Waals surface area (Å²) < 4.78 is 11.0. The number of nitrogens with zero attached hydrogens (tertiary/aromatic N) is 1. The molecule has 4 heteroatoms. The summed E-state index contributed by atoms with van der Waals surface area (Å²) in [6.45, 7) is 1.45. The van der Waals surface area contributed by atoms with Gasteiger partial charge in [-0.05, 0) is 43.4 Å². The minimum absolute atomic E-state index is 0.562. The van der Waals surface area contributed by atoms with Crippen LogP contribution in [-0.2, 0) is 0 Å². The highest BCUT2D eigenvalue weighted by molar-refractivity contribution is 5.32. The number of ether oxygens (including phenoxy) is 2. The van der Waals surface area contributed by atoms with E-state index in [4.69, 9.17) is 15.2 Å². The molecule has 1 fully saturated rings. The van der Waals surface area contributed by atoms with Crippen LogP contribution in [0.2, 0.25) is 0 Å². The molecule has 1 aliphatic carbocycles. The molecule has 0 radical (unpaired) electrons. The maximum Gasteiger partial charge on any atom is 0.256 e. The van der Waals surface area contributed by atoms with Gasteiger partial charge in [-0.15, -0.1) is 0 Å². The molecule has 17 heavy (non-hydrogen) atoms. The van der Waals surface area contributed by atoms with Crippen LogP contribution in [0.4, 0.5) is 0 Å². The van der Waals surface area contributed by atoms with E-state index in [0.717, 1.165) is 6.54 Å². The topological polar surface area (TPSA) is 57.4 Å². The van der Waals surface area contributed by atoms with E-state index < -0.39 is 0 Å². The van der Waals surface area contributed by atoms with E-state index in [1.54, 1.807) is 13.3 Å². The second kappa shape index (κ2) is 5.87. The molecule has 0 aliphatic heterocycles. The lowest BCUT2D eigenvalue weighted by Gasteiger charge is -2.18. The van der Waals surface area contributed by atoms with Gasteiger partial charge in [-0.2, -0.15) is 0 Å². The summed E-state index contributed by atoms with van der Waals surface area (Å²) in [5.74, 6) is 2.43. The van der Waals surface area contributed by atoms with Crippen LogP contribution in [0.3, 0.4) is 0 Å². The van der Waals surface area contributed by atoms with Crippen LogP contribution in [0.1, 0.15) is 19.3 Å². The summed E-state index contributed by atoms with van der Waals surface area (Å²) in [6.07, 6.45) is 5.41. The molecule has 0 aromatic carbocycles. The highest BCUT2D eigenvalue weighted by atomic mass is 16.5. The lowest BCUT2D eigenvalue weighted by Crippen LogP contribution is -2.23. The summed E-state index contributed by atoms with van der Waals surface area (Å²) in [5, 5.41) is 0. The predicted molar refractivity (Wildman–Crippen MR) is 66.2 cm³/mol. The van der Waals surface area contributed by atoms with Crippen molar-refractivity contribution in [3.05, 3.63) is 18.3 Å². The van der Waals surface area contributed by atoms with Gasteiger partial charge in [-0.3, -0.25) is 0 Å². The molecule has 0 amide bonds. The van der Waals surface area contributed by atoms with Crippen molar-refractivity contribution in [1.29, 1.82) is 0 Å². The van der Waals surface area contributed by atoms with Crippen molar-refractivity contribution in [3.8, 4) is 11.6 Å². The van der Waals surface area contributed by atoms with Crippen LogP contribution in [0.15, 0.2) is 18.3 Å². The average molecular weight is 236 g/mol. The quantitative estimate of drug-likeness (QED) is 0.847. The first-order valence-electron chi connectivity index (χ1n) is 6.17. The second-order valence-electron chi connectivity index (χ2n) is 4.51. The zero-order chi connectivity index (χ0) is 12.1. The van der Waals surface area contributed by atoms with Crippen molar-refractivity contribution >= 4 is 0 Å². The number of aromatic nitrogens is 1. The largest absolute Gasteiger partial charge is 0.491 e. The third-order valence-corrected chi connectivity index (χ3v) is 3.51. The van der Waals surface area contributed by atoms with E-state index in [2.05, 4.69) is 4.98 Å². The number of rotatable bonds is 5. The van der Waals surface area contributed by atoms with Crippen molar-refractivity contribution in [2.24, 2.45) is 17.6 Å². The van der Waals surface area contributed by atoms with E-state index >= 15 is 0 Å². The van der Waals surface area contributed by atoms with Crippen LogP contribution in [-0.4, -0.2) is 25.2 Å². The number of hydrogen-bond donors (Lipinski definition) is 1. The molecule has 2 unspecified atom stereocenters. The van der Waals surface area contributed by atoms with E-state index in [1.807, 2.05) is 12.1 Å². The molecule has 1 heterocycles. The van der Waals surface area contributed by atoms with Gasteiger partial charge in [0.2, 0.25) is 0 Å². The Morgan fingerprint density at radius 1 is 1.41 bits per heavy atom. The van der Waals surface area contributed by atoms with Gasteiger partial charge in [-0.1, -0.05) is 6.42 Å². The van der Waals surface area contributed by atoms with Crippen LogP contribution in [0, 0.1) is 11.8 Å². The van der Waals surface area contributed by atoms with Gasteiger partial charge in [0, 0.05) is 6.20 Å². The second-order valence-corrected chi connectivity index (χ2v) is 4.51. The van der Waals surface area contributed by atoms with Gasteiger partial charge in [-0.25, -0.2) is 4.98 Å². The van der Waals surface area contributed by atoms with Gasteiger partial charge in [0.05, 0.1) is 13.7 Å². The van der Waals surface area contributed by atoms with Gasteiger partial charge in [0.15, 0.2) is 5.75 Å². The monoisotopic (exact) mass is 236 g/mol. The maximum absolute atomic E-state index is 5.75. The summed E-state index contributed by atoms with van der Waals surface area (Å²) in [5.41, 5.74) is 5.75. The minimum atomic E-state index is 0.562. The van der Waals surface area contributed by atoms with Crippen molar-refractivity contribution in [1.82, 2.24) is 4.98 Å². The van der Waals surface area contributed by atoms with E-state index in [9.17, 15) is 0 Å². The summed E-state index contributed by atoms with van der Waals surface area (Å²) >= 11 is 0. The Morgan fingerprint density at radius 2 is 2.24 bits per heavy atom. The first-order valence-corrected chi connectivity index (χ1v) is 6.17. The number of nitrogens with two attached hydrogens (primary N) is 1. The Labute approximate surface area is 102 Å². The smallest absolute Gasteiger partial charge is 0.256 e. The molecule has 1 aromatic heterocycles. The molecular formula is C13H20N2O2. The van der Waals surface area contributed by atoms with E-state index in [0.29, 0.717) is 30.1 Å². The average Bonchev–Trinajstić information content (AvgIpc) is 2.84. The lowest BCUT2D eigenvalue weighted by atomic mass is 9.97. The Morgan fingerprint density at radius 3 is 3.00 bits per heavy atom. The zero-order valence-corrected chi connectivity index (χ0v) is 10.3. The van der Waals surface area contributed by atoms with Crippen LogP contribution < -0.4 is 15.2 Å². The fourth-order valence-corrected chi connectivity index (χ4v) is 2.47. The summed E-state index contributed by atoms with van der Waals surface area (Å²) in [7, 11) is 1.63. The van der Waals surface area contributed by atoms with Crippen LogP contribution in [0.5, 0.6) is 11.6 Å². The normalized spacial score (nSPS) is 23.6. The zero-order valence-electron chi connectivity index (χ0n) is 10.3. The summed E-state index contributed by atoms with van der Waals surface area (Å²) in [4.78, 5) is 4.18. The van der Waals surface area contributed by atoms with E-state index in [-0.39, 0.29) is 0 Å². The minimum Gasteiger partial charge on any atom is -0.491 e. The van der Waals surface area contributed by atoms with Gasteiger partial charge in [0.1, 0.15) is 0 Å².